The second-order valence-corrected chi connectivity index (χ2v) is 15.7. The van der Waals surface area contributed by atoms with Gasteiger partial charge < -0.3 is 20.3 Å². The second-order valence-electron chi connectivity index (χ2n) is 15.7. The molecule has 3 N–H and O–H groups in total. The summed E-state index contributed by atoms with van der Waals surface area (Å²) in [6.45, 7) is 4.81. The van der Waals surface area contributed by atoms with Crippen molar-refractivity contribution in [1.29, 1.82) is 0 Å². The number of nitrogens with one attached hydrogen (secondary N) is 1. The van der Waals surface area contributed by atoms with Crippen molar-refractivity contribution < 1.29 is 24.5 Å². The molecule has 0 radical (unpaired) electrons. The van der Waals surface area contributed by atoms with E-state index >= 15 is 0 Å². The van der Waals surface area contributed by atoms with Crippen molar-refractivity contribution in [3.63, 3.8) is 0 Å². The normalized spacial score (nSPS) is 12.9. The molecule has 1 amide bonds. The number of aliphatic hydroxyl groups excluding tert-OH is 2. The van der Waals surface area contributed by atoms with Crippen LogP contribution >= 0.6 is 0 Å². The Labute approximate surface area is 329 Å². The molecule has 0 aliphatic carbocycles. The molecule has 6 heteroatoms. The topological polar surface area (TPSA) is 95.9 Å². The quantitative estimate of drug-likeness (QED) is 0.0328. The molecule has 0 bridgehead atoms. The minimum Gasteiger partial charge on any atom is -0.466 e. The predicted octanol–water partition coefficient (Wildman–Crippen LogP) is 13.2. The van der Waals surface area contributed by atoms with E-state index < -0.39 is 12.1 Å². The van der Waals surface area contributed by atoms with E-state index in [0.717, 1.165) is 57.8 Å². The summed E-state index contributed by atoms with van der Waals surface area (Å²) in [4.78, 5) is 24.4. The summed E-state index contributed by atoms with van der Waals surface area (Å²) in [6, 6.07) is -0.643. The maximum atomic E-state index is 12.4. The van der Waals surface area contributed by atoms with Crippen LogP contribution in [0.5, 0.6) is 0 Å². The zero-order chi connectivity index (χ0) is 38.7. The van der Waals surface area contributed by atoms with E-state index in [1.54, 1.807) is 6.08 Å². The first-order chi connectivity index (χ1) is 26.0. The van der Waals surface area contributed by atoms with Crippen LogP contribution in [0.4, 0.5) is 0 Å². The molecule has 0 aromatic carbocycles. The SMILES string of the molecule is CCCCCCCC/C=C\CCCCCCCC(=O)OCCCCCCCCCCCCC(=O)NC(CO)C(O)/C=C/CCCCCCCCCCC. The van der Waals surface area contributed by atoms with Crippen molar-refractivity contribution in [2.75, 3.05) is 13.2 Å². The average Bonchev–Trinajstić information content (AvgIpc) is 3.16. The predicted molar refractivity (Wildman–Crippen MR) is 227 cm³/mol. The van der Waals surface area contributed by atoms with Gasteiger partial charge in [-0.25, -0.2) is 0 Å². The van der Waals surface area contributed by atoms with Crippen molar-refractivity contribution >= 4 is 11.9 Å². The largest absolute Gasteiger partial charge is 0.466 e. The molecule has 312 valence electrons. The molecule has 2 unspecified atom stereocenters. The molecular weight excluding hydrogens is 659 g/mol. The Hall–Kier alpha value is -1.66. The van der Waals surface area contributed by atoms with E-state index in [2.05, 4.69) is 31.3 Å². The molecule has 0 fully saturated rings. The smallest absolute Gasteiger partial charge is 0.305 e. The number of aliphatic hydroxyl groups is 2. The van der Waals surface area contributed by atoms with Crippen molar-refractivity contribution in [2.45, 2.75) is 251 Å². The van der Waals surface area contributed by atoms with Gasteiger partial charge in [0.05, 0.1) is 25.4 Å². The van der Waals surface area contributed by atoms with Gasteiger partial charge in [-0.2, -0.15) is 0 Å². The highest BCUT2D eigenvalue weighted by Gasteiger charge is 2.18. The molecule has 6 nitrogen and oxygen atoms in total. The monoisotopic (exact) mass is 748 g/mol. The van der Waals surface area contributed by atoms with Crippen molar-refractivity contribution in [1.82, 2.24) is 5.32 Å². The lowest BCUT2D eigenvalue weighted by Gasteiger charge is -2.20. The van der Waals surface area contributed by atoms with Gasteiger partial charge in [0.1, 0.15) is 0 Å². The molecule has 0 aromatic heterocycles. The highest BCUT2D eigenvalue weighted by molar-refractivity contribution is 5.76. The summed E-state index contributed by atoms with van der Waals surface area (Å²) < 4.78 is 5.44. The number of allylic oxidation sites excluding steroid dienone is 3. The van der Waals surface area contributed by atoms with Gasteiger partial charge >= 0.3 is 5.97 Å². The van der Waals surface area contributed by atoms with Gasteiger partial charge in [-0.05, 0) is 57.8 Å². The molecule has 0 aliphatic rings. The van der Waals surface area contributed by atoms with Crippen LogP contribution in [0.3, 0.4) is 0 Å². The molecule has 0 heterocycles. The number of esters is 1. The fraction of sp³-hybridized carbons (Fsp3) is 0.872. The third-order valence-electron chi connectivity index (χ3n) is 10.5. The van der Waals surface area contributed by atoms with Crippen LogP contribution in [-0.2, 0) is 14.3 Å². The molecular formula is C47H89NO5. The number of amides is 1. The van der Waals surface area contributed by atoms with Crippen LogP contribution in [0.15, 0.2) is 24.3 Å². The fourth-order valence-corrected chi connectivity index (χ4v) is 6.86. The Morgan fingerprint density at radius 2 is 0.887 bits per heavy atom. The molecule has 0 saturated carbocycles. The van der Waals surface area contributed by atoms with Crippen molar-refractivity contribution in [3.05, 3.63) is 24.3 Å². The molecule has 0 rings (SSSR count). The standard InChI is InChI=1S/C47H89NO5/c1-3-5-7-9-11-13-15-16-17-18-20-25-29-33-37-41-47(52)53-42-38-34-30-26-22-21-24-28-32-36-40-46(51)48-44(43-49)45(50)39-35-31-27-23-19-14-12-10-8-6-4-2/h16-17,35,39,44-45,49-50H,3-15,18-34,36-38,40-43H2,1-2H3,(H,48,51)/b17-16-,39-35+. The summed E-state index contributed by atoms with van der Waals surface area (Å²) in [5.74, 6) is -0.123. The van der Waals surface area contributed by atoms with E-state index in [-0.39, 0.29) is 18.5 Å². The number of rotatable bonds is 42. The zero-order valence-corrected chi connectivity index (χ0v) is 35.2. The molecule has 0 saturated heterocycles. The lowest BCUT2D eigenvalue weighted by molar-refractivity contribution is -0.143. The van der Waals surface area contributed by atoms with Crippen LogP contribution in [0.25, 0.3) is 0 Å². The number of hydrogen-bond donors (Lipinski definition) is 3. The maximum absolute atomic E-state index is 12.4. The lowest BCUT2D eigenvalue weighted by atomic mass is 10.0. The number of carbonyl (C=O) groups is 2. The van der Waals surface area contributed by atoms with Crippen LogP contribution in [0.2, 0.25) is 0 Å². The third-order valence-corrected chi connectivity index (χ3v) is 10.5. The highest BCUT2D eigenvalue weighted by atomic mass is 16.5. The van der Waals surface area contributed by atoms with Gasteiger partial charge in [0.2, 0.25) is 5.91 Å². The third kappa shape index (κ3) is 39.8. The molecule has 0 spiro atoms. The van der Waals surface area contributed by atoms with E-state index in [1.165, 1.54) is 154 Å². The van der Waals surface area contributed by atoms with Gasteiger partial charge in [-0.1, -0.05) is 192 Å². The van der Waals surface area contributed by atoms with Crippen LogP contribution < -0.4 is 5.32 Å². The molecule has 53 heavy (non-hydrogen) atoms. The van der Waals surface area contributed by atoms with E-state index in [9.17, 15) is 19.8 Å². The van der Waals surface area contributed by atoms with E-state index in [1.807, 2.05) is 6.08 Å². The Bertz CT molecular complexity index is 828. The van der Waals surface area contributed by atoms with Gasteiger partial charge in [0.15, 0.2) is 0 Å². The van der Waals surface area contributed by atoms with Crippen LogP contribution in [0, 0.1) is 0 Å². The lowest BCUT2D eigenvalue weighted by Crippen LogP contribution is -2.45. The van der Waals surface area contributed by atoms with Gasteiger partial charge in [-0.15, -0.1) is 0 Å². The summed E-state index contributed by atoms with van der Waals surface area (Å²) in [7, 11) is 0. The zero-order valence-electron chi connectivity index (χ0n) is 35.2. The van der Waals surface area contributed by atoms with E-state index in [4.69, 9.17) is 4.74 Å². The highest BCUT2D eigenvalue weighted by Crippen LogP contribution is 2.14. The van der Waals surface area contributed by atoms with Crippen molar-refractivity contribution in [3.8, 4) is 0 Å². The summed E-state index contributed by atoms with van der Waals surface area (Å²) in [5, 5.41) is 22.9. The second kappa shape index (κ2) is 43.1. The molecule has 2 atom stereocenters. The minimum atomic E-state index is -0.857. The first-order valence-electron chi connectivity index (χ1n) is 23.1. The maximum Gasteiger partial charge on any atom is 0.305 e. The first-order valence-corrected chi connectivity index (χ1v) is 23.1. The van der Waals surface area contributed by atoms with Crippen LogP contribution in [0.1, 0.15) is 239 Å². The van der Waals surface area contributed by atoms with E-state index in [0.29, 0.717) is 19.4 Å². The average molecular weight is 748 g/mol. The fourth-order valence-electron chi connectivity index (χ4n) is 6.86. The number of hydrogen-bond acceptors (Lipinski definition) is 5. The number of unbranched alkanes of at least 4 members (excludes halogenated alkanes) is 29. The van der Waals surface area contributed by atoms with Gasteiger partial charge in [-0.3, -0.25) is 9.59 Å². The Kier molecular flexibility index (Phi) is 41.7. The summed E-state index contributed by atoms with van der Waals surface area (Å²) in [6.07, 6.45) is 48.7. The molecule has 0 aliphatic heterocycles. The Morgan fingerprint density at radius 1 is 0.509 bits per heavy atom. The Morgan fingerprint density at radius 3 is 1.34 bits per heavy atom. The van der Waals surface area contributed by atoms with Gasteiger partial charge in [0.25, 0.3) is 0 Å². The minimum absolute atomic E-state index is 0.0297. The number of ether oxygens (including phenoxy) is 1. The van der Waals surface area contributed by atoms with Crippen molar-refractivity contribution in [2.24, 2.45) is 0 Å². The summed E-state index contributed by atoms with van der Waals surface area (Å²) >= 11 is 0. The van der Waals surface area contributed by atoms with Gasteiger partial charge in [0, 0.05) is 12.8 Å². The Balaban J connectivity index is 3.51. The molecule has 0 aromatic rings. The first kappa shape index (κ1) is 51.3. The summed E-state index contributed by atoms with van der Waals surface area (Å²) in [5.41, 5.74) is 0. The van der Waals surface area contributed by atoms with Crippen LogP contribution in [-0.4, -0.2) is 47.4 Å². The number of carbonyl (C=O) groups excluding carboxylic acids is 2.